The maximum atomic E-state index is 12.1. The van der Waals surface area contributed by atoms with Gasteiger partial charge in [0.05, 0.1) is 22.1 Å². The second-order valence-corrected chi connectivity index (χ2v) is 3.22. The van der Waals surface area contributed by atoms with Crippen LogP contribution in [0.1, 0.15) is 27.6 Å². The number of hydrogen-bond donors (Lipinski definition) is 0. The standard InChI is InChI=1S/C10H7F2NO5/c1-5(15)7-2-6(4-14)8(13(16)17)3-9(7)18-10(11)12/h2-4,10H,1H3. The fourth-order valence-corrected chi connectivity index (χ4v) is 1.31. The van der Waals surface area contributed by atoms with Gasteiger partial charge in [-0.05, 0) is 13.0 Å². The predicted octanol–water partition coefficient (Wildman–Crippen LogP) is 2.21. The van der Waals surface area contributed by atoms with E-state index in [9.17, 15) is 28.5 Å². The summed E-state index contributed by atoms with van der Waals surface area (Å²) in [5.41, 5.74) is -1.40. The van der Waals surface area contributed by atoms with Crippen LogP contribution >= 0.6 is 0 Å². The van der Waals surface area contributed by atoms with E-state index in [-0.39, 0.29) is 17.4 Å². The number of carbonyl (C=O) groups is 2. The van der Waals surface area contributed by atoms with Gasteiger partial charge in [0.1, 0.15) is 5.75 Å². The van der Waals surface area contributed by atoms with Crippen molar-refractivity contribution in [3.8, 4) is 5.75 Å². The second kappa shape index (κ2) is 5.30. The lowest BCUT2D eigenvalue weighted by atomic mass is 10.1. The molecule has 0 fully saturated rings. The van der Waals surface area contributed by atoms with Crippen LogP contribution in [0.3, 0.4) is 0 Å². The third kappa shape index (κ3) is 2.84. The number of Topliss-reactive ketones (excluding diaryl/α,β-unsaturated/α-hetero) is 1. The van der Waals surface area contributed by atoms with Crippen molar-refractivity contribution < 1.29 is 28.0 Å². The normalized spacial score (nSPS) is 10.2. The van der Waals surface area contributed by atoms with E-state index < -0.39 is 28.8 Å². The quantitative estimate of drug-likeness (QED) is 0.350. The number of ketones is 1. The molecule has 8 heteroatoms. The Hall–Kier alpha value is -2.38. The maximum Gasteiger partial charge on any atom is 0.387 e. The number of aldehydes is 1. The van der Waals surface area contributed by atoms with E-state index in [0.29, 0.717) is 6.07 Å². The van der Waals surface area contributed by atoms with Crippen LogP contribution in [0.4, 0.5) is 14.5 Å². The number of ether oxygens (including phenoxy) is 1. The molecule has 1 aromatic rings. The van der Waals surface area contributed by atoms with E-state index in [0.717, 1.165) is 13.0 Å². The molecule has 0 radical (unpaired) electrons. The van der Waals surface area contributed by atoms with Gasteiger partial charge in [0.25, 0.3) is 5.69 Å². The third-order valence-electron chi connectivity index (χ3n) is 2.05. The highest BCUT2D eigenvalue weighted by Crippen LogP contribution is 2.29. The highest BCUT2D eigenvalue weighted by Gasteiger charge is 2.22. The zero-order valence-corrected chi connectivity index (χ0v) is 9.05. The molecule has 0 N–H and O–H groups in total. The third-order valence-corrected chi connectivity index (χ3v) is 2.05. The average Bonchev–Trinajstić information content (AvgIpc) is 2.27. The summed E-state index contributed by atoms with van der Waals surface area (Å²) in [5, 5.41) is 10.6. The van der Waals surface area contributed by atoms with Crippen molar-refractivity contribution >= 4 is 17.8 Å². The van der Waals surface area contributed by atoms with Crippen LogP contribution in [0.5, 0.6) is 5.75 Å². The topological polar surface area (TPSA) is 86.5 Å². The molecule has 0 heterocycles. The molecule has 0 aliphatic carbocycles. The Kier molecular flexibility index (Phi) is 4.03. The van der Waals surface area contributed by atoms with Crippen molar-refractivity contribution in [2.75, 3.05) is 0 Å². The number of rotatable bonds is 5. The van der Waals surface area contributed by atoms with Gasteiger partial charge in [-0.15, -0.1) is 0 Å². The van der Waals surface area contributed by atoms with Crippen LogP contribution in [0.15, 0.2) is 12.1 Å². The van der Waals surface area contributed by atoms with Gasteiger partial charge in [-0.1, -0.05) is 0 Å². The van der Waals surface area contributed by atoms with Crippen LogP contribution in [-0.4, -0.2) is 23.6 Å². The number of nitrogens with zero attached hydrogens (tertiary/aromatic N) is 1. The predicted molar refractivity (Wildman–Crippen MR) is 55.1 cm³/mol. The largest absolute Gasteiger partial charge is 0.434 e. The van der Waals surface area contributed by atoms with Crippen molar-refractivity contribution in [1.29, 1.82) is 0 Å². The number of nitro groups is 1. The minimum atomic E-state index is -3.23. The lowest BCUT2D eigenvalue weighted by Crippen LogP contribution is -2.08. The molecule has 6 nitrogen and oxygen atoms in total. The van der Waals surface area contributed by atoms with Crippen LogP contribution in [-0.2, 0) is 0 Å². The lowest BCUT2D eigenvalue weighted by molar-refractivity contribution is -0.385. The van der Waals surface area contributed by atoms with Crippen molar-refractivity contribution in [2.45, 2.75) is 13.5 Å². The smallest absolute Gasteiger partial charge is 0.387 e. The highest BCUT2D eigenvalue weighted by molar-refractivity contribution is 5.99. The summed E-state index contributed by atoms with van der Waals surface area (Å²) in [7, 11) is 0. The van der Waals surface area contributed by atoms with Crippen molar-refractivity contribution in [3.63, 3.8) is 0 Å². The van der Waals surface area contributed by atoms with Gasteiger partial charge in [-0.2, -0.15) is 8.78 Å². The summed E-state index contributed by atoms with van der Waals surface area (Å²) in [6, 6.07) is 1.48. The number of carbonyl (C=O) groups excluding carboxylic acids is 2. The summed E-state index contributed by atoms with van der Waals surface area (Å²) in [4.78, 5) is 31.5. The SMILES string of the molecule is CC(=O)c1cc(C=O)c([N+](=O)[O-])cc1OC(F)F. The summed E-state index contributed by atoms with van der Waals surface area (Å²) < 4.78 is 28.2. The Morgan fingerprint density at radius 1 is 1.50 bits per heavy atom. The molecule has 0 saturated heterocycles. The molecule has 1 rings (SSSR count). The zero-order valence-electron chi connectivity index (χ0n) is 9.05. The van der Waals surface area contributed by atoms with Crippen LogP contribution in [0.25, 0.3) is 0 Å². The molecule has 0 saturated carbocycles. The number of alkyl halides is 2. The van der Waals surface area contributed by atoms with Crippen LogP contribution in [0, 0.1) is 10.1 Å². The van der Waals surface area contributed by atoms with Gasteiger partial charge in [0.15, 0.2) is 12.1 Å². The van der Waals surface area contributed by atoms with Crippen LogP contribution < -0.4 is 4.74 Å². The number of nitro benzene ring substituents is 1. The fourth-order valence-electron chi connectivity index (χ4n) is 1.31. The Balaban J connectivity index is 3.46. The molecule has 0 bridgehead atoms. The molecule has 0 aromatic heterocycles. The van der Waals surface area contributed by atoms with E-state index >= 15 is 0 Å². The first-order valence-electron chi connectivity index (χ1n) is 4.60. The minimum Gasteiger partial charge on any atom is -0.434 e. The number of benzene rings is 1. The first-order valence-corrected chi connectivity index (χ1v) is 4.60. The molecule has 0 atom stereocenters. The second-order valence-electron chi connectivity index (χ2n) is 3.22. The first-order chi connectivity index (χ1) is 8.36. The Bertz CT molecular complexity index is 515. The molecule has 0 aliphatic heterocycles. The molecule has 0 amide bonds. The molecule has 96 valence electrons. The molecule has 18 heavy (non-hydrogen) atoms. The summed E-state index contributed by atoms with van der Waals surface area (Å²) >= 11 is 0. The Morgan fingerprint density at radius 2 is 2.11 bits per heavy atom. The molecule has 0 spiro atoms. The van der Waals surface area contributed by atoms with Crippen molar-refractivity contribution in [3.05, 3.63) is 33.4 Å². The van der Waals surface area contributed by atoms with Gasteiger partial charge < -0.3 is 4.74 Å². The molecule has 0 unspecified atom stereocenters. The molecular weight excluding hydrogens is 252 g/mol. The summed E-state index contributed by atoms with van der Waals surface area (Å²) in [6.45, 7) is -2.17. The first kappa shape index (κ1) is 13.7. The zero-order chi connectivity index (χ0) is 13.9. The maximum absolute atomic E-state index is 12.1. The molecular formula is C10H7F2NO5. The van der Waals surface area contributed by atoms with Crippen molar-refractivity contribution in [1.82, 2.24) is 0 Å². The Morgan fingerprint density at radius 3 is 2.50 bits per heavy atom. The van der Waals surface area contributed by atoms with E-state index in [2.05, 4.69) is 4.74 Å². The summed E-state index contributed by atoms with van der Waals surface area (Å²) in [5.74, 6) is -1.28. The van der Waals surface area contributed by atoms with Crippen LogP contribution in [0.2, 0.25) is 0 Å². The number of hydrogen-bond acceptors (Lipinski definition) is 5. The minimum absolute atomic E-state index is 0.163. The van der Waals surface area contributed by atoms with E-state index in [1.807, 2.05) is 0 Å². The van der Waals surface area contributed by atoms with E-state index in [4.69, 9.17) is 0 Å². The monoisotopic (exact) mass is 259 g/mol. The van der Waals surface area contributed by atoms with E-state index in [1.54, 1.807) is 0 Å². The Labute approximate surface area is 99.3 Å². The molecule has 1 aromatic carbocycles. The number of halogens is 2. The average molecular weight is 259 g/mol. The van der Waals surface area contributed by atoms with Gasteiger partial charge >= 0.3 is 6.61 Å². The van der Waals surface area contributed by atoms with Gasteiger partial charge in [-0.25, -0.2) is 0 Å². The lowest BCUT2D eigenvalue weighted by Gasteiger charge is -2.09. The summed E-state index contributed by atoms with van der Waals surface area (Å²) in [6.07, 6.45) is 0.163. The van der Waals surface area contributed by atoms with E-state index in [1.165, 1.54) is 0 Å². The van der Waals surface area contributed by atoms with Gasteiger partial charge in [-0.3, -0.25) is 19.7 Å². The van der Waals surface area contributed by atoms with Gasteiger partial charge in [0.2, 0.25) is 0 Å². The fraction of sp³-hybridized carbons (Fsp3) is 0.200. The highest BCUT2D eigenvalue weighted by atomic mass is 19.3. The molecule has 0 aliphatic rings. The van der Waals surface area contributed by atoms with Gasteiger partial charge in [0, 0.05) is 0 Å². The van der Waals surface area contributed by atoms with Crippen molar-refractivity contribution in [2.24, 2.45) is 0 Å².